The summed E-state index contributed by atoms with van der Waals surface area (Å²) in [6.07, 6.45) is 0. The maximum absolute atomic E-state index is 12.4. The van der Waals surface area contributed by atoms with E-state index < -0.39 is 5.97 Å². The Morgan fingerprint density at radius 1 is 1.04 bits per heavy atom. The normalized spacial score (nSPS) is 10.2. The fourth-order valence-electron chi connectivity index (χ4n) is 2.10. The molecule has 2 aromatic rings. The van der Waals surface area contributed by atoms with Crippen molar-refractivity contribution in [2.24, 2.45) is 0 Å². The van der Waals surface area contributed by atoms with Gasteiger partial charge in [0.15, 0.2) is 6.79 Å². The van der Waals surface area contributed by atoms with Gasteiger partial charge in [0.25, 0.3) is 5.91 Å². The van der Waals surface area contributed by atoms with Crippen molar-refractivity contribution in [3.05, 3.63) is 65.2 Å². The standard InChI is InChI=1S/C18H18ClNO5/c1-23-12-25-16-5-3-4-13(10-16)11-20(19)17(21)14-6-8-15(9-7-14)18(22)24-2/h3-10H,11-12H2,1-2H3. The number of benzene rings is 2. The minimum Gasteiger partial charge on any atom is -0.468 e. The van der Waals surface area contributed by atoms with E-state index in [4.69, 9.17) is 21.3 Å². The molecule has 0 fully saturated rings. The molecule has 0 saturated heterocycles. The summed E-state index contributed by atoms with van der Waals surface area (Å²) < 4.78 is 15.9. The molecule has 0 spiro atoms. The maximum Gasteiger partial charge on any atom is 0.337 e. The highest BCUT2D eigenvalue weighted by Gasteiger charge is 2.15. The van der Waals surface area contributed by atoms with Crippen molar-refractivity contribution < 1.29 is 23.8 Å². The molecule has 0 aliphatic heterocycles. The number of carbonyl (C=O) groups excluding carboxylic acids is 2. The predicted molar refractivity (Wildman–Crippen MR) is 92.5 cm³/mol. The van der Waals surface area contributed by atoms with Crippen LogP contribution in [0.2, 0.25) is 0 Å². The lowest BCUT2D eigenvalue weighted by Crippen LogP contribution is -2.21. The Labute approximate surface area is 151 Å². The molecule has 0 aromatic heterocycles. The molecular formula is C18H18ClNO5. The van der Waals surface area contributed by atoms with Gasteiger partial charge in [0, 0.05) is 24.4 Å². The molecule has 0 aliphatic carbocycles. The first-order valence-corrected chi connectivity index (χ1v) is 7.75. The number of halogens is 1. The van der Waals surface area contributed by atoms with Crippen molar-refractivity contribution in [1.82, 2.24) is 4.42 Å². The van der Waals surface area contributed by atoms with Crippen LogP contribution in [0.3, 0.4) is 0 Å². The maximum atomic E-state index is 12.4. The summed E-state index contributed by atoms with van der Waals surface area (Å²) >= 11 is 6.11. The van der Waals surface area contributed by atoms with Crippen LogP contribution in [0.15, 0.2) is 48.5 Å². The van der Waals surface area contributed by atoms with Gasteiger partial charge >= 0.3 is 5.97 Å². The quantitative estimate of drug-likeness (QED) is 0.429. The van der Waals surface area contributed by atoms with Crippen LogP contribution in [0.4, 0.5) is 0 Å². The summed E-state index contributed by atoms with van der Waals surface area (Å²) in [5.74, 6) is -0.213. The van der Waals surface area contributed by atoms with E-state index >= 15 is 0 Å². The molecule has 1 amide bonds. The van der Waals surface area contributed by atoms with Gasteiger partial charge in [0.1, 0.15) is 5.75 Å². The molecule has 0 aliphatic rings. The number of ether oxygens (including phenoxy) is 3. The predicted octanol–water partition coefficient (Wildman–Crippen LogP) is 3.25. The highest BCUT2D eigenvalue weighted by molar-refractivity contribution is 6.24. The first-order chi connectivity index (χ1) is 12.0. The van der Waals surface area contributed by atoms with Crippen molar-refractivity contribution in [2.75, 3.05) is 21.0 Å². The monoisotopic (exact) mass is 363 g/mol. The van der Waals surface area contributed by atoms with E-state index in [1.165, 1.54) is 38.5 Å². The topological polar surface area (TPSA) is 65.1 Å². The third kappa shape index (κ3) is 5.20. The number of methoxy groups -OCH3 is 2. The van der Waals surface area contributed by atoms with Crippen molar-refractivity contribution in [3.8, 4) is 5.75 Å². The first kappa shape index (κ1) is 18.8. The second kappa shape index (κ2) is 9.05. The summed E-state index contributed by atoms with van der Waals surface area (Å²) in [6.45, 7) is 0.336. The van der Waals surface area contributed by atoms with Crippen LogP contribution < -0.4 is 4.74 Å². The number of rotatable bonds is 7. The van der Waals surface area contributed by atoms with Gasteiger partial charge < -0.3 is 14.2 Å². The average molecular weight is 364 g/mol. The summed E-state index contributed by atoms with van der Waals surface area (Å²) in [4.78, 5) is 23.8. The fraction of sp³-hybridized carbons (Fsp3) is 0.222. The van der Waals surface area contributed by atoms with Crippen LogP contribution in [0, 0.1) is 0 Å². The van der Waals surface area contributed by atoms with Crippen LogP contribution >= 0.6 is 11.8 Å². The average Bonchev–Trinajstić information content (AvgIpc) is 2.65. The van der Waals surface area contributed by atoms with E-state index in [-0.39, 0.29) is 19.2 Å². The first-order valence-electron chi connectivity index (χ1n) is 7.42. The zero-order valence-electron chi connectivity index (χ0n) is 13.9. The smallest absolute Gasteiger partial charge is 0.337 e. The second-order valence-corrected chi connectivity index (χ2v) is 5.50. The van der Waals surface area contributed by atoms with Crippen molar-refractivity contribution in [3.63, 3.8) is 0 Å². The van der Waals surface area contributed by atoms with Gasteiger partial charge in [-0.15, -0.1) is 0 Å². The van der Waals surface area contributed by atoms with Crippen LogP contribution in [0.25, 0.3) is 0 Å². The minimum absolute atomic E-state index is 0.138. The van der Waals surface area contributed by atoms with Crippen LogP contribution in [0.1, 0.15) is 26.3 Å². The zero-order valence-corrected chi connectivity index (χ0v) is 14.7. The van der Waals surface area contributed by atoms with E-state index in [0.29, 0.717) is 16.9 Å². The van der Waals surface area contributed by atoms with Crippen molar-refractivity contribution in [1.29, 1.82) is 0 Å². The lowest BCUT2D eigenvalue weighted by Gasteiger charge is -2.15. The highest BCUT2D eigenvalue weighted by Crippen LogP contribution is 2.18. The number of carbonyl (C=O) groups is 2. The molecule has 132 valence electrons. The molecule has 0 unspecified atom stereocenters. The molecule has 7 heteroatoms. The Morgan fingerprint density at radius 2 is 1.72 bits per heavy atom. The van der Waals surface area contributed by atoms with Gasteiger partial charge in [-0.2, -0.15) is 0 Å². The molecular weight excluding hydrogens is 346 g/mol. The SMILES string of the molecule is COCOc1cccc(CN(Cl)C(=O)c2ccc(C(=O)OC)cc2)c1. The van der Waals surface area contributed by atoms with E-state index in [0.717, 1.165) is 9.98 Å². The minimum atomic E-state index is -0.463. The fourth-order valence-corrected chi connectivity index (χ4v) is 2.34. The lowest BCUT2D eigenvalue weighted by molar-refractivity contribution is 0.0510. The number of nitrogens with zero attached hydrogens (tertiary/aromatic N) is 1. The molecule has 2 aromatic carbocycles. The van der Waals surface area contributed by atoms with Gasteiger partial charge in [-0.1, -0.05) is 12.1 Å². The molecule has 0 bridgehead atoms. The number of amides is 1. The van der Waals surface area contributed by atoms with Crippen LogP contribution in [0.5, 0.6) is 5.75 Å². The zero-order chi connectivity index (χ0) is 18.2. The third-order valence-corrected chi connectivity index (χ3v) is 3.61. The Hall–Kier alpha value is -2.57. The Balaban J connectivity index is 2.03. The van der Waals surface area contributed by atoms with Crippen LogP contribution in [-0.2, 0) is 16.0 Å². The molecule has 2 rings (SSSR count). The Bertz CT molecular complexity index is 733. The second-order valence-electron chi connectivity index (χ2n) is 5.09. The van der Waals surface area contributed by atoms with E-state index in [9.17, 15) is 9.59 Å². The lowest BCUT2D eigenvalue weighted by atomic mass is 10.1. The number of hydrogen-bond acceptors (Lipinski definition) is 5. The largest absolute Gasteiger partial charge is 0.468 e. The highest BCUT2D eigenvalue weighted by atomic mass is 35.5. The third-order valence-electron chi connectivity index (χ3n) is 3.34. The summed E-state index contributed by atoms with van der Waals surface area (Å²) in [5.41, 5.74) is 1.54. The van der Waals surface area contributed by atoms with Gasteiger partial charge in [-0.25, -0.2) is 9.21 Å². The van der Waals surface area contributed by atoms with Gasteiger partial charge in [-0.3, -0.25) is 4.79 Å². The molecule has 0 N–H and O–H groups in total. The van der Waals surface area contributed by atoms with Gasteiger partial charge in [0.2, 0.25) is 0 Å². The van der Waals surface area contributed by atoms with Gasteiger partial charge in [-0.05, 0) is 42.0 Å². The number of esters is 1. The number of hydrogen-bond donors (Lipinski definition) is 0. The molecule has 0 heterocycles. The van der Waals surface area contributed by atoms with E-state index in [1.54, 1.807) is 18.2 Å². The molecule has 0 atom stereocenters. The summed E-state index contributed by atoms with van der Waals surface area (Å²) in [7, 11) is 2.83. The molecule has 0 saturated carbocycles. The van der Waals surface area contributed by atoms with Crippen molar-refractivity contribution >= 4 is 23.7 Å². The van der Waals surface area contributed by atoms with E-state index in [2.05, 4.69) is 4.74 Å². The van der Waals surface area contributed by atoms with E-state index in [1.807, 2.05) is 6.07 Å². The molecule has 0 radical (unpaired) electrons. The summed E-state index contributed by atoms with van der Waals surface area (Å²) in [6, 6.07) is 13.3. The van der Waals surface area contributed by atoms with Crippen LogP contribution in [-0.4, -0.2) is 37.3 Å². The van der Waals surface area contributed by atoms with Crippen molar-refractivity contribution in [2.45, 2.75) is 6.54 Å². The Morgan fingerprint density at radius 3 is 2.36 bits per heavy atom. The Kier molecular flexibility index (Phi) is 6.80. The summed E-state index contributed by atoms with van der Waals surface area (Å²) in [5, 5.41) is 0. The molecule has 25 heavy (non-hydrogen) atoms. The van der Waals surface area contributed by atoms with Gasteiger partial charge in [0.05, 0.1) is 19.2 Å². The molecule has 6 nitrogen and oxygen atoms in total.